The molecule has 0 aliphatic carbocycles. The summed E-state index contributed by atoms with van der Waals surface area (Å²) in [6.07, 6.45) is 2.02. The molecule has 1 heterocycles. The molecule has 0 saturated heterocycles. The van der Waals surface area contributed by atoms with Crippen molar-refractivity contribution in [1.82, 2.24) is 4.90 Å². The van der Waals surface area contributed by atoms with Gasteiger partial charge in [0.1, 0.15) is 5.70 Å². The van der Waals surface area contributed by atoms with Crippen molar-refractivity contribution >= 4 is 28.3 Å². The van der Waals surface area contributed by atoms with E-state index in [0.717, 1.165) is 29.3 Å². The zero-order chi connectivity index (χ0) is 19.4. The third-order valence-corrected chi connectivity index (χ3v) is 4.75. The molecule has 2 aromatic rings. The zero-order valence-electron chi connectivity index (χ0n) is 15.6. The molecule has 0 radical (unpaired) electrons. The number of aliphatic hydroxyl groups is 1. The largest absolute Gasteiger partial charge is 0.466 e. The van der Waals surface area contributed by atoms with Gasteiger partial charge in [-0.15, -0.1) is 0 Å². The van der Waals surface area contributed by atoms with E-state index in [9.17, 15) is 14.7 Å². The molecular formula is C21H24N2O4. The van der Waals surface area contributed by atoms with Crippen molar-refractivity contribution in [2.24, 2.45) is 0 Å². The quantitative estimate of drug-likeness (QED) is 0.734. The molecule has 0 aromatic heterocycles. The van der Waals surface area contributed by atoms with Gasteiger partial charge in [-0.2, -0.15) is 0 Å². The minimum absolute atomic E-state index is 0.125. The van der Waals surface area contributed by atoms with Crippen molar-refractivity contribution < 1.29 is 19.4 Å². The van der Waals surface area contributed by atoms with Crippen molar-refractivity contribution in [3.63, 3.8) is 0 Å². The number of ether oxygens (including phenoxy) is 1. The highest BCUT2D eigenvalue weighted by atomic mass is 16.5. The third kappa shape index (κ3) is 3.66. The number of aryl methyl sites for hydroxylation is 1. The van der Waals surface area contributed by atoms with Crippen LogP contribution >= 0.6 is 0 Å². The normalized spacial score (nSPS) is 14.2. The number of β-amino-alcohol motifs (C(OH)–C–C–N with tert-alkyl or cyclic N) is 1. The number of nitrogens with one attached hydrogen (secondary N) is 1. The summed E-state index contributed by atoms with van der Waals surface area (Å²) >= 11 is 0. The number of aliphatic hydroxyl groups excluding tert-OH is 1. The van der Waals surface area contributed by atoms with Gasteiger partial charge in [0.2, 0.25) is 0 Å². The van der Waals surface area contributed by atoms with Gasteiger partial charge in [0.25, 0.3) is 5.91 Å². The summed E-state index contributed by atoms with van der Waals surface area (Å²) in [7, 11) is 1.29. The summed E-state index contributed by atoms with van der Waals surface area (Å²) in [6.45, 7) is 2.27. The number of rotatable bonds is 7. The van der Waals surface area contributed by atoms with Crippen molar-refractivity contribution in [1.29, 1.82) is 0 Å². The van der Waals surface area contributed by atoms with E-state index < -0.39 is 5.97 Å². The van der Waals surface area contributed by atoms with Crippen molar-refractivity contribution in [3.05, 3.63) is 53.2 Å². The maximum Gasteiger partial charge on any atom is 0.337 e. The highest BCUT2D eigenvalue weighted by Crippen LogP contribution is 2.30. The van der Waals surface area contributed by atoms with E-state index in [1.54, 1.807) is 0 Å². The number of nitrogens with zero attached hydrogens (tertiary/aromatic N) is 1. The second-order valence-electron chi connectivity index (χ2n) is 6.49. The molecule has 2 N–H and O–H groups in total. The van der Waals surface area contributed by atoms with Crippen molar-refractivity contribution in [3.8, 4) is 0 Å². The Morgan fingerprint density at radius 1 is 1.22 bits per heavy atom. The first-order chi connectivity index (χ1) is 13.1. The SMILES string of the molecule is CCCc1ccc(NC2=C(C(=O)OC)CN(CCO)C2=O)c2ccccc12. The zero-order valence-corrected chi connectivity index (χ0v) is 15.6. The molecule has 6 heteroatoms. The Morgan fingerprint density at radius 2 is 1.96 bits per heavy atom. The lowest BCUT2D eigenvalue weighted by Gasteiger charge is -2.16. The second-order valence-corrected chi connectivity index (χ2v) is 6.49. The Hall–Kier alpha value is -2.86. The third-order valence-electron chi connectivity index (χ3n) is 4.75. The fourth-order valence-corrected chi connectivity index (χ4v) is 3.44. The maximum atomic E-state index is 12.7. The topological polar surface area (TPSA) is 78.9 Å². The van der Waals surface area contributed by atoms with Crippen LogP contribution in [0.3, 0.4) is 0 Å². The Labute approximate surface area is 158 Å². The molecule has 0 saturated carbocycles. The Morgan fingerprint density at radius 3 is 2.63 bits per heavy atom. The fourth-order valence-electron chi connectivity index (χ4n) is 3.44. The van der Waals surface area contributed by atoms with E-state index >= 15 is 0 Å². The first kappa shape index (κ1) is 18.9. The number of benzene rings is 2. The highest BCUT2D eigenvalue weighted by molar-refractivity contribution is 6.10. The van der Waals surface area contributed by atoms with E-state index in [-0.39, 0.29) is 36.9 Å². The van der Waals surface area contributed by atoms with Crippen molar-refractivity contribution in [2.75, 3.05) is 32.1 Å². The lowest BCUT2D eigenvalue weighted by Crippen LogP contribution is -2.31. The molecule has 0 spiro atoms. The van der Waals surface area contributed by atoms with E-state index in [2.05, 4.69) is 24.4 Å². The van der Waals surface area contributed by atoms with Gasteiger partial charge in [-0.1, -0.05) is 43.7 Å². The number of carbonyl (C=O) groups excluding carboxylic acids is 2. The smallest absolute Gasteiger partial charge is 0.337 e. The molecule has 1 amide bonds. The summed E-state index contributed by atoms with van der Waals surface area (Å²) < 4.78 is 4.84. The van der Waals surface area contributed by atoms with Gasteiger partial charge >= 0.3 is 5.97 Å². The molecule has 6 nitrogen and oxygen atoms in total. The number of methoxy groups -OCH3 is 1. The number of anilines is 1. The lowest BCUT2D eigenvalue weighted by atomic mass is 9.99. The summed E-state index contributed by atoms with van der Waals surface area (Å²) in [4.78, 5) is 26.3. The number of hydrogen-bond donors (Lipinski definition) is 2. The van der Waals surface area contributed by atoms with Crippen LogP contribution in [0.1, 0.15) is 18.9 Å². The van der Waals surface area contributed by atoms with Gasteiger partial charge in [0, 0.05) is 17.6 Å². The summed E-state index contributed by atoms with van der Waals surface area (Å²) in [5.74, 6) is -0.857. The van der Waals surface area contributed by atoms with E-state index in [1.807, 2.05) is 24.3 Å². The fraction of sp³-hybridized carbons (Fsp3) is 0.333. The molecule has 0 unspecified atom stereocenters. The van der Waals surface area contributed by atoms with Gasteiger partial charge in [0.15, 0.2) is 0 Å². The molecule has 1 aliphatic heterocycles. The summed E-state index contributed by atoms with van der Waals surface area (Å²) in [5, 5.41) is 14.5. The minimum Gasteiger partial charge on any atom is -0.466 e. The van der Waals surface area contributed by atoms with Crippen LogP contribution in [0, 0.1) is 0 Å². The number of hydrogen-bond acceptors (Lipinski definition) is 5. The van der Waals surface area contributed by atoms with Gasteiger partial charge in [-0.25, -0.2) is 4.79 Å². The predicted molar refractivity (Wildman–Crippen MR) is 104 cm³/mol. The first-order valence-electron chi connectivity index (χ1n) is 9.10. The Kier molecular flexibility index (Phi) is 5.76. The van der Waals surface area contributed by atoms with Gasteiger partial charge < -0.3 is 20.1 Å². The van der Waals surface area contributed by atoms with Crippen LogP contribution in [0.2, 0.25) is 0 Å². The number of carbonyl (C=O) groups is 2. The van der Waals surface area contributed by atoms with E-state index in [4.69, 9.17) is 4.74 Å². The Balaban J connectivity index is 2.03. The van der Waals surface area contributed by atoms with Gasteiger partial charge in [0.05, 0.1) is 25.8 Å². The summed E-state index contributed by atoms with van der Waals surface area (Å²) in [6, 6.07) is 12.0. The van der Waals surface area contributed by atoms with Crippen LogP contribution in [0.15, 0.2) is 47.7 Å². The van der Waals surface area contributed by atoms with Crippen LogP contribution in [-0.4, -0.2) is 48.7 Å². The van der Waals surface area contributed by atoms with E-state index in [1.165, 1.54) is 17.6 Å². The number of amides is 1. The van der Waals surface area contributed by atoms with Crippen LogP contribution < -0.4 is 5.32 Å². The molecule has 0 bridgehead atoms. The van der Waals surface area contributed by atoms with Crippen LogP contribution in [-0.2, 0) is 20.7 Å². The molecule has 1 aliphatic rings. The number of esters is 1. The second kappa shape index (κ2) is 8.22. The minimum atomic E-state index is -0.543. The average Bonchev–Trinajstić information content (AvgIpc) is 2.99. The number of fused-ring (bicyclic) bond motifs is 1. The van der Waals surface area contributed by atoms with Crippen LogP contribution in [0.4, 0.5) is 5.69 Å². The first-order valence-corrected chi connectivity index (χ1v) is 9.10. The summed E-state index contributed by atoms with van der Waals surface area (Å²) in [5.41, 5.74) is 2.50. The van der Waals surface area contributed by atoms with Crippen molar-refractivity contribution in [2.45, 2.75) is 19.8 Å². The lowest BCUT2D eigenvalue weighted by molar-refractivity contribution is -0.136. The highest BCUT2D eigenvalue weighted by Gasteiger charge is 2.34. The van der Waals surface area contributed by atoms with Crippen LogP contribution in [0.25, 0.3) is 10.8 Å². The molecule has 2 aromatic carbocycles. The molecule has 0 atom stereocenters. The molecule has 0 fully saturated rings. The standard InChI is InChI=1S/C21H24N2O4/c1-3-6-14-9-10-18(16-8-5-4-7-15(14)16)22-19-17(21(26)27-2)13-23(11-12-24)20(19)25/h4-5,7-10,22,24H,3,6,11-13H2,1-2H3. The average molecular weight is 368 g/mol. The monoisotopic (exact) mass is 368 g/mol. The molecule has 3 rings (SSSR count). The molecule has 27 heavy (non-hydrogen) atoms. The predicted octanol–water partition coefficient (Wildman–Crippen LogP) is 2.47. The Bertz CT molecular complexity index is 904. The molecular weight excluding hydrogens is 344 g/mol. The van der Waals surface area contributed by atoms with Gasteiger partial charge in [-0.3, -0.25) is 4.79 Å². The maximum absolute atomic E-state index is 12.7. The van der Waals surface area contributed by atoms with Gasteiger partial charge in [-0.05, 0) is 23.4 Å². The van der Waals surface area contributed by atoms with Crippen LogP contribution in [0.5, 0.6) is 0 Å². The molecule has 142 valence electrons. The van der Waals surface area contributed by atoms with E-state index in [0.29, 0.717) is 0 Å².